The molecule has 1 fully saturated rings. The Morgan fingerprint density at radius 2 is 1.89 bits per heavy atom. The predicted molar refractivity (Wildman–Crippen MR) is 74.5 cm³/mol. The fraction of sp³-hybridized carbons (Fsp3) is 0.600. The van der Waals surface area contributed by atoms with E-state index < -0.39 is 0 Å². The van der Waals surface area contributed by atoms with Crippen molar-refractivity contribution in [3.63, 3.8) is 0 Å². The highest BCUT2D eigenvalue weighted by Gasteiger charge is 2.31. The van der Waals surface area contributed by atoms with Gasteiger partial charge < -0.3 is 19.9 Å². The first-order chi connectivity index (χ1) is 9.28. The number of rotatable bonds is 6. The van der Waals surface area contributed by atoms with E-state index in [2.05, 4.69) is 12.1 Å². The van der Waals surface area contributed by atoms with Crippen LogP contribution in [-0.2, 0) is 15.9 Å². The molecule has 106 valence electrons. The molecule has 0 atom stereocenters. The number of ether oxygens (including phenoxy) is 3. The largest absolute Gasteiger partial charge is 0.497 e. The molecule has 0 bridgehead atoms. The van der Waals surface area contributed by atoms with Gasteiger partial charge in [-0.05, 0) is 24.1 Å². The summed E-state index contributed by atoms with van der Waals surface area (Å²) < 4.78 is 16.6. The van der Waals surface area contributed by atoms with Gasteiger partial charge in [0.05, 0.1) is 19.3 Å². The van der Waals surface area contributed by atoms with Gasteiger partial charge in [-0.1, -0.05) is 12.1 Å². The summed E-state index contributed by atoms with van der Waals surface area (Å²) in [5.74, 6) is 0.882. The highest BCUT2D eigenvalue weighted by molar-refractivity contribution is 5.27. The summed E-state index contributed by atoms with van der Waals surface area (Å²) >= 11 is 0. The number of benzene rings is 1. The van der Waals surface area contributed by atoms with Crippen molar-refractivity contribution in [1.29, 1.82) is 0 Å². The molecule has 4 heteroatoms. The smallest absolute Gasteiger partial charge is 0.118 e. The molecule has 1 aromatic rings. The monoisotopic (exact) mass is 265 g/mol. The molecule has 0 radical (unpaired) electrons. The maximum Gasteiger partial charge on any atom is 0.118 e. The minimum atomic E-state index is -0.176. The summed E-state index contributed by atoms with van der Waals surface area (Å²) in [6.07, 6.45) is 2.69. The van der Waals surface area contributed by atoms with Gasteiger partial charge in [0.25, 0.3) is 0 Å². The van der Waals surface area contributed by atoms with Crippen molar-refractivity contribution in [3.05, 3.63) is 29.8 Å². The molecular formula is C15H23NO3. The molecule has 0 unspecified atom stereocenters. The van der Waals surface area contributed by atoms with E-state index in [0.717, 1.165) is 38.2 Å². The second-order valence-corrected chi connectivity index (χ2v) is 4.95. The van der Waals surface area contributed by atoms with Crippen LogP contribution in [0.3, 0.4) is 0 Å². The van der Waals surface area contributed by atoms with Crippen LogP contribution in [-0.4, -0.2) is 39.1 Å². The van der Waals surface area contributed by atoms with Gasteiger partial charge >= 0.3 is 0 Å². The lowest BCUT2D eigenvalue weighted by Crippen LogP contribution is -2.45. The zero-order valence-corrected chi connectivity index (χ0v) is 11.6. The summed E-state index contributed by atoms with van der Waals surface area (Å²) in [4.78, 5) is 0. The summed E-state index contributed by atoms with van der Waals surface area (Å²) in [7, 11) is 1.67. The van der Waals surface area contributed by atoms with Gasteiger partial charge in [0.2, 0.25) is 0 Å². The van der Waals surface area contributed by atoms with Crippen LogP contribution in [0, 0.1) is 0 Å². The quantitative estimate of drug-likeness (QED) is 0.851. The zero-order valence-electron chi connectivity index (χ0n) is 11.6. The van der Waals surface area contributed by atoms with E-state index in [1.807, 2.05) is 12.1 Å². The molecule has 1 saturated heterocycles. The van der Waals surface area contributed by atoms with Crippen LogP contribution in [0.15, 0.2) is 24.3 Å². The van der Waals surface area contributed by atoms with E-state index in [1.54, 1.807) is 7.11 Å². The maximum absolute atomic E-state index is 6.04. The van der Waals surface area contributed by atoms with Gasteiger partial charge in [-0.2, -0.15) is 0 Å². The van der Waals surface area contributed by atoms with Crippen LogP contribution in [0.5, 0.6) is 5.75 Å². The molecule has 0 aliphatic carbocycles. The van der Waals surface area contributed by atoms with Crippen LogP contribution in [0.25, 0.3) is 0 Å². The number of hydrogen-bond donors (Lipinski definition) is 1. The molecule has 0 saturated carbocycles. The first kappa shape index (κ1) is 14.3. The standard InChI is InChI=1S/C15H23NO3/c1-17-14-4-2-13(3-5-14)6-9-19-15(12-16)7-10-18-11-8-15/h2-5H,6-12,16H2,1H3. The van der Waals surface area contributed by atoms with Crippen molar-refractivity contribution in [2.45, 2.75) is 24.9 Å². The predicted octanol–water partition coefficient (Wildman–Crippen LogP) is 1.76. The summed E-state index contributed by atoms with van der Waals surface area (Å²) in [6.45, 7) is 2.77. The van der Waals surface area contributed by atoms with Crippen molar-refractivity contribution in [2.75, 3.05) is 33.5 Å². The minimum absolute atomic E-state index is 0.176. The molecule has 4 nitrogen and oxygen atoms in total. The molecule has 0 spiro atoms. The molecule has 1 heterocycles. The Labute approximate surface area is 114 Å². The van der Waals surface area contributed by atoms with Crippen LogP contribution in [0.4, 0.5) is 0 Å². The number of hydrogen-bond acceptors (Lipinski definition) is 4. The molecule has 0 aromatic heterocycles. The van der Waals surface area contributed by atoms with E-state index >= 15 is 0 Å². The van der Waals surface area contributed by atoms with Crippen molar-refractivity contribution in [2.24, 2.45) is 5.73 Å². The van der Waals surface area contributed by atoms with Crippen LogP contribution in [0.2, 0.25) is 0 Å². The fourth-order valence-electron chi connectivity index (χ4n) is 2.33. The average molecular weight is 265 g/mol. The molecule has 1 aliphatic rings. The number of nitrogens with two attached hydrogens (primary N) is 1. The third-order valence-corrected chi connectivity index (χ3v) is 3.73. The Morgan fingerprint density at radius 1 is 1.21 bits per heavy atom. The molecular weight excluding hydrogens is 242 g/mol. The van der Waals surface area contributed by atoms with Crippen molar-refractivity contribution >= 4 is 0 Å². The highest BCUT2D eigenvalue weighted by atomic mass is 16.5. The summed E-state index contributed by atoms with van der Waals surface area (Å²) in [5.41, 5.74) is 6.93. The van der Waals surface area contributed by atoms with Gasteiger partial charge in [-0.15, -0.1) is 0 Å². The third kappa shape index (κ3) is 3.93. The van der Waals surface area contributed by atoms with Gasteiger partial charge in [0.15, 0.2) is 0 Å². The summed E-state index contributed by atoms with van der Waals surface area (Å²) in [6, 6.07) is 8.09. The van der Waals surface area contributed by atoms with Crippen LogP contribution >= 0.6 is 0 Å². The van der Waals surface area contributed by atoms with Crippen molar-refractivity contribution in [3.8, 4) is 5.75 Å². The lowest BCUT2D eigenvalue weighted by molar-refractivity contribution is -0.104. The van der Waals surface area contributed by atoms with E-state index in [0.29, 0.717) is 13.2 Å². The van der Waals surface area contributed by atoms with Crippen LogP contribution in [0.1, 0.15) is 18.4 Å². The van der Waals surface area contributed by atoms with Crippen molar-refractivity contribution in [1.82, 2.24) is 0 Å². The zero-order chi connectivity index (χ0) is 13.6. The second kappa shape index (κ2) is 6.89. The normalized spacial score (nSPS) is 18.2. The van der Waals surface area contributed by atoms with Crippen molar-refractivity contribution < 1.29 is 14.2 Å². The lowest BCUT2D eigenvalue weighted by Gasteiger charge is -2.36. The Hall–Kier alpha value is -1.10. The van der Waals surface area contributed by atoms with E-state index in [1.165, 1.54) is 5.56 Å². The minimum Gasteiger partial charge on any atom is -0.497 e. The first-order valence-electron chi connectivity index (χ1n) is 6.83. The van der Waals surface area contributed by atoms with E-state index in [9.17, 15) is 0 Å². The lowest BCUT2D eigenvalue weighted by atomic mass is 9.94. The average Bonchev–Trinajstić information content (AvgIpc) is 2.49. The Balaban J connectivity index is 1.81. The Kier molecular flexibility index (Phi) is 5.19. The maximum atomic E-state index is 6.04. The molecule has 1 aliphatic heterocycles. The second-order valence-electron chi connectivity index (χ2n) is 4.95. The van der Waals surface area contributed by atoms with Crippen LogP contribution < -0.4 is 10.5 Å². The molecule has 2 N–H and O–H groups in total. The molecule has 2 rings (SSSR count). The van der Waals surface area contributed by atoms with Gasteiger partial charge in [-0.3, -0.25) is 0 Å². The topological polar surface area (TPSA) is 53.7 Å². The van der Waals surface area contributed by atoms with Gasteiger partial charge in [0, 0.05) is 32.6 Å². The Bertz CT molecular complexity index is 371. The highest BCUT2D eigenvalue weighted by Crippen LogP contribution is 2.24. The fourth-order valence-corrected chi connectivity index (χ4v) is 2.33. The van der Waals surface area contributed by atoms with E-state index in [4.69, 9.17) is 19.9 Å². The van der Waals surface area contributed by atoms with E-state index in [-0.39, 0.29) is 5.60 Å². The van der Waals surface area contributed by atoms with Gasteiger partial charge in [-0.25, -0.2) is 0 Å². The van der Waals surface area contributed by atoms with Gasteiger partial charge in [0.1, 0.15) is 5.75 Å². The summed E-state index contributed by atoms with van der Waals surface area (Å²) in [5, 5.41) is 0. The first-order valence-corrected chi connectivity index (χ1v) is 6.83. The SMILES string of the molecule is COc1ccc(CCOC2(CN)CCOCC2)cc1. The Morgan fingerprint density at radius 3 is 2.47 bits per heavy atom. The molecule has 19 heavy (non-hydrogen) atoms. The molecule has 0 amide bonds. The third-order valence-electron chi connectivity index (χ3n) is 3.73. The number of methoxy groups -OCH3 is 1. The molecule has 1 aromatic carbocycles.